The number of aliphatic imine (C=N–C) groups is 1. The van der Waals surface area contributed by atoms with E-state index in [9.17, 15) is 0 Å². The molecule has 2 N–H and O–H groups in total. The number of rotatable bonds is 8. The number of nitrogens with zero attached hydrogens (tertiary/aromatic N) is 2. The number of piperidine rings is 1. The number of guanidine groups is 1. The van der Waals surface area contributed by atoms with E-state index < -0.39 is 0 Å². The second-order valence-corrected chi connectivity index (χ2v) is 6.28. The molecule has 2 rings (SSSR count). The molecule has 0 radical (unpaired) electrons. The molecule has 1 aliphatic heterocycles. The highest BCUT2D eigenvalue weighted by molar-refractivity contribution is 5.79. The van der Waals surface area contributed by atoms with Gasteiger partial charge in [0.05, 0.1) is 13.7 Å². The molecule has 6 heteroatoms. The van der Waals surface area contributed by atoms with Crippen LogP contribution in [0.4, 0.5) is 0 Å². The Hall–Kier alpha value is -1.95. The lowest BCUT2D eigenvalue weighted by atomic mass is 10.1. The maximum Gasteiger partial charge on any atom is 0.191 e. The molecule has 0 saturated carbocycles. The Balaban J connectivity index is 1.63. The fourth-order valence-corrected chi connectivity index (χ4v) is 3.02. The Morgan fingerprint density at radius 1 is 1.20 bits per heavy atom. The van der Waals surface area contributed by atoms with Crippen molar-refractivity contribution in [2.45, 2.75) is 32.2 Å². The second kappa shape index (κ2) is 10.8. The van der Waals surface area contributed by atoms with Gasteiger partial charge in [0.1, 0.15) is 18.1 Å². The van der Waals surface area contributed by atoms with E-state index in [-0.39, 0.29) is 0 Å². The second-order valence-electron chi connectivity index (χ2n) is 6.28. The van der Waals surface area contributed by atoms with Crippen LogP contribution in [0.5, 0.6) is 11.5 Å². The van der Waals surface area contributed by atoms with Crippen LogP contribution in [0.1, 0.15) is 26.2 Å². The molecule has 0 aromatic heterocycles. The molecule has 25 heavy (non-hydrogen) atoms. The van der Waals surface area contributed by atoms with Gasteiger partial charge in [0.25, 0.3) is 0 Å². The summed E-state index contributed by atoms with van der Waals surface area (Å²) in [7, 11) is 3.47. The highest BCUT2D eigenvalue weighted by Gasteiger charge is 2.19. The smallest absolute Gasteiger partial charge is 0.191 e. The first kappa shape index (κ1) is 19.4. The molecule has 0 bridgehead atoms. The first-order chi connectivity index (χ1) is 12.2. The minimum absolute atomic E-state index is 0.502. The summed E-state index contributed by atoms with van der Waals surface area (Å²) in [6.07, 6.45) is 3.57. The van der Waals surface area contributed by atoms with Gasteiger partial charge in [-0.25, -0.2) is 0 Å². The van der Waals surface area contributed by atoms with Crippen LogP contribution >= 0.6 is 0 Å². The summed E-state index contributed by atoms with van der Waals surface area (Å²) in [6.45, 7) is 7.08. The minimum Gasteiger partial charge on any atom is -0.497 e. The Morgan fingerprint density at radius 3 is 2.48 bits per heavy atom. The number of ether oxygens (including phenoxy) is 2. The van der Waals surface area contributed by atoms with Crippen molar-refractivity contribution in [3.05, 3.63) is 24.3 Å². The lowest BCUT2D eigenvalue weighted by molar-refractivity contribution is 0.206. The van der Waals surface area contributed by atoms with Crippen molar-refractivity contribution in [3.63, 3.8) is 0 Å². The molecule has 1 aromatic rings. The molecule has 0 unspecified atom stereocenters. The molecule has 0 spiro atoms. The van der Waals surface area contributed by atoms with Gasteiger partial charge in [-0.15, -0.1) is 0 Å². The monoisotopic (exact) mass is 348 g/mol. The maximum atomic E-state index is 5.72. The lowest BCUT2D eigenvalue weighted by Crippen LogP contribution is -2.49. The van der Waals surface area contributed by atoms with Crippen molar-refractivity contribution in [1.82, 2.24) is 15.5 Å². The summed E-state index contributed by atoms with van der Waals surface area (Å²) < 4.78 is 10.9. The van der Waals surface area contributed by atoms with E-state index in [1.807, 2.05) is 31.3 Å². The topological polar surface area (TPSA) is 58.1 Å². The summed E-state index contributed by atoms with van der Waals surface area (Å²) in [5.41, 5.74) is 0. The molecule has 140 valence electrons. The molecular weight excluding hydrogens is 316 g/mol. The van der Waals surface area contributed by atoms with Crippen LogP contribution in [-0.2, 0) is 0 Å². The normalized spacial score (nSPS) is 16.5. The number of benzene rings is 1. The van der Waals surface area contributed by atoms with Gasteiger partial charge < -0.3 is 25.0 Å². The van der Waals surface area contributed by atoms with Crippen LogP contribution in [-0.4, -0.2) is 63.8 Å². The van der Waals surface area contributed by atoms with Crippen LogP contribution < -0.4 is 20.1 Å². The van der Waals surface area contributed by atoms with E-state index in [1.54, 1.807) is 7.11 Å². The summed E-state index contributed by atoms with van der Waals surface area (Å²) >= 11 is 0. The van der Waals surface area contributed by atoms with Crippen molar-refractivity contribution in [2.75, 3.05) is 46.9 Å². The third-order valence-corrected chi connectivity index (χ3v) is 4.41. The van der Waals surface area contributed by atoms with E-state index in [2.05, 4.69) is 27.4 Å². The highest BCUT2D eigenvalue weighted by Crippen LogP contribution is 2.16. The van der Waals surface area contributed by atoms with Crippen LogP contribution in [0.15, 0.2) is 29.3 Å². The van der Waals surface area contributed by atoms with E-state index in [0.717, 1.165) is 17.5 Å². The predicted molar refractivity (Wildman–Crippen MR) is 103 cm³/mol. The first-order valence-electron chi connectivity index (χ1n) is 9.21. The highest BCUT2D eigenvalue weighted by atomic mass is 16.5. The third-order valence-electron chi connectivity index (χ3n) is 4.41. The summed E-state index contributed by atoms with van der Waals surface area (Å²) in [4.78, 5) is 6.85. The number of nitrogens with one attached hydrogen (secondary N) is 2. The lowest BCUT2D eigenvalue weighted by Gasteiger charge is -2.32. The average molecular weight is 348 g/mol. The molecule has 1 fully saturated rings. The molecular formula is C19H32N4O2. The zero-order valence-corrected chi connectivity index (χ0v) is 15.8. The molecule has 0 amide bonds. The molecule has 6 nitrogen and oxygen atoms in total. The van der Waals surface area contributed by atoms with Gasteiger partial charge in [0, 0.05) is 26.2 Å². The van der Waals surface area contributed by atoms with Crippen molar-refractivity contribution < 1.29 is 9.47 Å². The quantitative estimate of drug-likeness (QED) is 0.428. The Kier molecular flexibility index (Phi) is 8.39. The zero-order chi connectivity index (χ0) is 17.9. The standard InChI is InChI=1S/C19H32N4O2/c1-4-12-23-13-9-16(10-14-23)22-19(20-2)21-11-15-25-18-7-5-17(24-3)6-8-18/h5-8,16H,4,9-15H2,1-3H3,(H2,20,21,22). The van der Waals surface area contributed by atoms with E-state index >= 15 is 0 Å². The number of likely N-dealkylation sites (tertiary alicyclic amines) is 1. The minimum atomic E-state index is 0.502. The summed E-state index contributed by atoms with van der Waals surface area (Å²) in [6, 6.07) is 8.12. The van der Waals surface area contributed by atoms with Gasteiger partial charge in [-0.05, 0) is 50.1 Å². The van der Waals surface area contributed by atoms with Gasteiger partial charge >= 0.3 is 0 Å². The van der Waals surface area contributed by atoms with Gasteiger partial charge in [-0.2, -0.15) is 0 Å². The Labute approximate surface area is 151 Å². The van der Waals surface area contributed by atoms with E-state index in [1.165, 1.54) is 38.9 Å². The van der Waals surface area contributed by atoms with Gasteiger partial charge in [0.2, 0.25) is 0 Å². The Morgan fingerprint density at radius 2 is 1.88 bits per heavy atom. The van der Waals surface area contributed by atoms with Crippen LogP contribution in [0.2, 0.25) is 0 Å². The molecule has 0 aliphatic carbocycles. The number of hydrogen-bond acceptors (Lipinski definition) is 4. The van der Waals surface area contributed by atoms with Gasteiger partial charge in [-0.3, -0.25) is 4.99 Å². The first-order valence-corrected chi connectivity index (χ1v) is 9.21. The third kappa shape index (κ3) is 6.82. The van der Waals surface area contributed by atoms with Crippen LogP contribution in [0.25, 0.3) is 0 Å². The van der Waals surface area contributed by atoms with E-state index in [4.69, 9.17) is 9.47 Å². The molecule has 1 heterocycles. The van der Waals surface area contributed by atoms with Crippen molar-refractivity contribution >= 4 is 5.96 Å². The van der Waals surface area contributed by atoms with E-state index in [0.29, 0.717) is 19.2 Å². The molecule has 1 saturated heterocycles. The zero-order valence-electron chi connectivity index (χ0n) is 15.8. The van der Waals surface area contributed by atoms with Crippen molar-refractivity contribution in [3.8, 4) is 11.5 Å². The van der Waals surface area contributed by atoms with Crippen molar-refractivity contribution in [1.29, 1.82) is 0 Å². The van der Waals surface area contributed by atoms with Crippen LogP contribution in [0.3, 0.4) is 0 Å². The molecule has 1 aromatic carbocycles. The SMILES string of the molecule is CCCN1CCC(NC(=NC)NCCOc2ccc(OC)cc2)CC1. The fourth-order valence-electron chi connectivity index (χ4n) is 3.02. The Bertz CT molecular complexity index is 511. The van der Waals surface area contributed by atoms with Crippen molar-refractivity contribution in [2.24, 2.45) is 4.99 Å². The molecule has 0 atom stereocenters. The van der Waals surface area contributed by atoms with Crippen LogP contribution in [0, 0.1) is 0 Å². The largest absolute Gasteiger partial charge is 0.497 e. The predicted octanol–water partition coefficient (Wildman–Crippen LogP) is 2.11. The number of methoxy groups -OCH3 is 1. The summed E-state index contributed by atoms with van der Waals surface area (Å²) in [5.74, 6) is 2.53. The maximum absolute atomic E-state index is 5.72. The molecule has 1 aliphatic rings. The average Bonchev–Trinajstić information content (AvgIpc) is 2.66. The summed E-state index contributed by atoms with van der Waals surface area (Å²) in [5, 5.41) is 6.84. The van der Waals surface area contributed by atoms with Gasteiger partial charge in [-0.1, -0.05) is 6.92 Å². The number of hydrogen-bond donors (Lipinski definition) is 2. The fraction of sp³-hybridized carbons (Fsp3) is 0.632. The van der Waals surface area contributed by atoms with Gasteiger partial charge in [0.15, 0.2) is 5.96 Å².